The van der Waals surface area contributed by atoms with E-state index in [1.54, 1.807) is 0 Å². The number of rotatable bonds is 1. The average molecular weight is 344 g/mol. The predicted octanol–water partition coefficient (Wildman–Crippen LogP) is 7.86. The summed E-state index contributed by atoms with van der Waals surface area (Å²) in [6.45, 7) is 2.22. The molecule has 0 fully saturated rings. The smallest absolute Gasteiger partial charge is 0.00202 e. The maximum Gasteiger partial charge on any atom is -0.00202 e. The van der Waals surface area contributed by atoms with Gasteiger partial charge in [-0.2, -0.15) is 0 Å². The molecule has 0 spiro atoms. The van der Waals surface area contributed by atoms with E-state index in [0.29, 0.717) is 0 Å². The third kappa shape index (κ3) is 2.04. The van der Waals surface area contributed by atoms with E-state index in [-0.39, 0.29) is 0 Å². The van der Waals surface area contributed by atoms with E-state index < -0.39 is 0 Å². The normalized spacial score (nSPS) is 15.0. The van der Waals surface area contributed by atoms with Crippen LogP contribution < -0.4 is 0 Å². The van der Waals surface area contributed by atoms with Crippen molar-refractivity contribution in [3.63, 3.8) is 0 Å². The molecule has 128 valence electrons. The van der Waals surface area contributed by atoms with Gasteiger partial charge in [0.1, 0.15) is 0 Å². The van der Waals surface area contributed by atoms with Crippen LogP contribution in [0.1, 0.15) is 25.3 Å². The van der Waals surface area contributed by atoms with Crippen LogP contribution in [0.4, 0.5) is 0 Å². The molecule has 0 atom stereocenters. The molecule has 0 amide bonds. The summed E-state index contributed by atoms with van der Waals surface area (Å²) in [5.74, 6) is 0. The minimum absolute atomic E-state index is 1.13. The molecule has 0 nitrogen and oxygen atoms in total. The first kappa shape index (κ1) is 15.0. The highest BCUT2D eigenvalue weighted by atomic mass is 14.2. The van der Waals surface area contributed by atoms with E-state index in [2.05, 4.69) is 85.8 Å². The molecule has 0 saturated carbocycles. The van der Waals surface area contributed by atoms with Gasteiger partial charge in [-0.05, 0) is 74.0 Å². The van der Waals surface area contributed by atoms with Gasteiger partial charge < -0.3 is 0 Å². The van der Waals surface area contributed by atoms with Crippen molar-refractivity contribution in [1.29, 1.82) is 0 Å². The molecule has 0 unspecified atom stereocenters. The van der Waals surface area contributed by atoms with E-state index >= 15 is 0 Å². The Kier molecular flexibility index (Phi) is 3.02. The summed E-state index contributed by atoms with van der Waals surface area (Å²) in [4.78, 5) is 0. The van der Waals surface area contributed by atoms with Crippen molar-refractivity contribution in [2.24, 2.45) is 0 Å². The molecule has 0 heteroatoms. The Balaban J connectivity index is 1.82. The third-order valence-electron chi connectivity index (χ3n) is 6.23. The van der Waals surface area contributed by atoms with Crippen LogP contribution in [0.3, 0.4) is 0 Å². The summed E-state index contributed by atoms with van der Waals surface area (Å²) in [5, 5.41) is 11.0. The number of hydrogen-bond donors (Lipinski definition) is 0. The molecule has 27 heavy (non-hydrogen) atoms. The van der Waals surface area contributed by atoms with E-state index in [1.807, 2.05) is 0 Å². The zero-order valence-corrected chi connectivity index (χ0v) is 15.4. The second kappa shape index (κ2) is 5.44. The van der Waals surface area contributed by atoms with E-state index in [9.17, 15) is 0 Å². The van der Waals surface area contributed by atoms with Gasteiger partial charge in [0.25, 0.3) is 0 Å². The summed E-state index contributed by atoms with van der Waals surface area (Å²) in [6, 6.07) is 24.9. The van der Waals surface area contributed by atoms with Crippen LogP contribution >= 0.6 is 0 Å². The van der Waals surface area contributed by atoms with Crippen molar-refractivity contribution in [3.05, 3.63) is 90.0 Å². The lowest BCUT2D eigenvalue weighted by Crippen LogP contribution is -1.94. The highest BCUT2D eigenvalue weighted by Gasteiger charge is 2.16. The molecule has 5 aromatic carbocycles. The summed E-state index contributed by atoms with van der Waals surface area (Å²) in [7, 11) is 0. The number of fused-ring (bicyclic) bond motifs is 2. The second-order valence-corrected chi connectivity index (χ2v) is 7.80. The van der Waals surface area contributed by atoms with Crippen molar-refractivity contribution in [3.8, 4) is 0 Å². The van der Waals surface area contributed by atoms with E-state index in [0.717, 1.165) is 12.8 Å². The number of benzene rings is 5. The Morgan fingerprint density at radius 1 is 0.556 bits per heavy atom. The quantitative estimate of drug-likeness (QED) is 0.214. The summed E-state index contributed by atoms with van der Waals surface area (Å²) < 4.78 is 0. The third-order valence-corrected chi connectivity index (χ3v) is 6.23. The molecule has 5 aromatic rings. The average Bonchev–Trinajstić information content (AvgIpc) is 2.72. The Morgan fingerprint density at radius 3 is 1.89 bits per heavy atom. The highest BCUT2D eigenvalue weighted by molar-refractivity contribution is 6.33. The molecule has 0 saturated heterocycles. The fourth-order valence-corrected chi connectivity index (χ4v) is 4.89. The molecule has 0 heterocycles. The molecule has 0 N–H and O–H groups in total. The Morgan fingerprint density at radius 2 is 1.19 bits per heavy atom. The van der Waals surface area contributed by atoms with Crippen LogP contribution in [-0.2, 0) is 0 Å². The first-order chi connectivity index (χ1) is 13.3. The fourth-order valence-electron chi connectivity index (χ4n) is 4.89. The zero-order valence-electron chi connectivity index (χ0n) is 15.4. The lowest BCUT2D eigenvalue weighted by molar-refractivity contribution is 0.978. The fraction of sp³-hybridized carbons (Fsp3) is 0.111. The Bertz CT molecular complexity index is 1360. The van der Waals surface area contributed by atoms with Gasteiger partial charge >= 0.3 is 0 Å². The first-order valence-electron chi connectivity index (χ1n) is 9.76. The largest absolute Gasteiger partial charge is 0.0730 e. The molecule has 1 aliphatic carbocycles. The molecule has 0 aromatic heterocycles. The summed E-state index contributed by atoms with van der Waals surface area (Å²) in [5.41, 5.74) is 4.33. The topological polar surface area (TPSA) is 0 Å². The number of allylic oxidation sites excluding steroid dienone is 4. The van der Waals surface area contributed by atoms with Gasteiger partial charge in [0, 0.05) is 0 Å². The SMILES string of the molecule is CC1=CC=C(c2ccc3c4cccc5cccc(c6cccc2c63)c54)CC1. The highest BCUT2D eigenvalue weighted by Crippen LogP contribution is 2.42. The minimum Gasteiger partial charge on any atom is -0.0730 e. The van der Waals surface area contributed by atoms with Gasteiger partial charge in [0.05, 0.1) is 0 Å². The van der Waals surface area contributed by atoms with E-state index in [4.69, 9.17) is 0 Å². The molecule has 1 aliphatic rings. The van der Waals surface area contributed by atoms with Crippen molar-refractivity contribution in [2.45, 2.75) is 19.8 Å². The zero-order chi connectivity index (χ0) is 18.0. The van der Waals surface area contributed by atoms with Gasteiger partial charge in [-0.3, -0.25) is 0 Å². The van der Waals surface area contributed by atoms with E-state index in [1.165, 1.54) is 59.8 Å². The Hall–Kier alpha value is -3.12. The van der Waals surface area contributed by atoms with Gasteiger partial charge in [-0.15, -0.1) is 0 Å². The number of hydrogen-bond acceptors (Lipinski definition) is 0. The van der Waals surface area contributed by atoms with Crippen LogP contribution in [0.2, 0.25) is 0 Å². The van der Waals surface area contributed by atoms with Crippen LogP contribution in [0.5, 0.6) is 0 Å². The van der Waals surface area contributed by atoms with Crippen LogP contribution in [0.15, 0.2) is 84.5 Å². The Labute approximate surface area is 158 Å². The molecule has 6 rings (SSSR count). The standard InChI is InChI=1S/C27H20/c1-17-11-13-18(14-12-17)20-15-16-25-23-8-3-6-19-5-2-7-22(26(19)23)24-10-4-9-21(20)27(24)25/h2-11,13,15-16H,12,14H2,1H3. The van der Waals surface area contributed by atoms with Gasteiger partial charge in [-0.1, -0.05) is 84.5 Å². The van der Waals surface area contributed by atoms with Crippen LogP contribution in [0.25, 0.3) is 48.7 Å². The maximum atomic E-state index is 2.35. The van der Waals surface area contributed by atoms with Gasteiger partial charge in [0.2, 0.25) is 0 Å². The lowest BCUT2D eigenvalue weighted by atomic mass is 9.85. The minimum atomic E-state index is 1.13. The molecular formula is C27H20. The van der Waals surface area contributed by atoms with Gasteiger partial charge in [0.15, 0.2) is 0 Å². The lowest BCUT2D eigenvalue weighted by Gasteiger charge is -2.19. The molecule has 0 radical (unpaired) electrons. The summed E-state index contributed by atoms with van der Waals surface area (Å²) >= 11 is 0. The monoisotopic (exact) mass is 344 g/mol. The van der Waals surface area contributed by atoms with Crippen molar-refractivity contribution >= 4 is 48.7 Å². The predicted molar refractivity (Wildman–Crippen MR) is 119 cm³/mol. The van der Waals surface area contributed by atoms with Gasteiger partial charge in [-0.25, -0.2) is 0 Å². The molecular weight excluding hydrogens is 324 g/mol. The van der Waals surface area contributed by atoms with Crippen molar-refractivity contribution < 1.29 is 0 Å². The van der Waals surface area contributed by atoms with Crippen LogP contribution in [-0.4, -0.2) is 0 Å². The second-order valence-electron chi connectivity index (χ2n) is 7.80. The first-order valence-corrected chi connectivity index (χ1v) is 9.76. The summed E-state index contributed by atoms with van der Waals surface area (Å²) in [6.07, 6.45) is 6.90. The van der Waals surface area contributed by atoms with Crippen molar-refractivity contribution in [2.75, 3.05) is 0 Å². The molecule has 0 aliphatic heterocycles. The molecule has 0 bridgehead atoms. The van der Waals surface area contributed by atoms with Crippen LogP contribution in [0, 0.1) is 0 Å². The van der Waals surface area contributed by atoms with Crippen molar-refractivity contribution in [1.82, 2.24) is 0 Å². The maximum absolute atomic E-state index is 2.35.